The maximum absolute atomic E-state index is 14.4. The van der Waals surface area contributed by atoms with Gasteiger partial charge >= 0.3 is 0 Å². The van der Waals surface area contributed by atoms with Gasteiger partial charge in [0.1, 0.15) is 5.66 Å². The quantitative estimate of drug-likeness (QED) is 0.340. The largest absolute Gasteiger partial charge is 0.274 e. The molecule has 3 saturated carbocycles. The molecule has 0 N–H and O–H groups in total. The third kappa shape index (κ3) is 2.79. The Morgan fingerprint density at radius 1 is 0.711 bits per heavy atom. The van der Waals surface area contributed by atoms with E-state index in [-0.39, 0.29) is 58.1 Å². The molecule has 2 saturated heterocycles. The molecular formula is C32H38N2O4. The van der Waals surface area contributed by atoms with Crippen molar-refractivity contribution in [3.63, 3.8) is 0 Å². The van der Waals surface area contributed by atoms with Crippen LogP contribution in [0.5, 0.6) is 0 Å². The van der Waals surface area contributed by atoms with E-state index in [9.17, 15) is 19.2 Å². The Hall–Kier alpha value is -2.76. The molecule has 6 heteroatoms. The number of hydrogen-bond donors (Lipinski definition) is 0. The minimum atomic E-state index is -1.16. The van der Waals surface area contributed by atoms with E-state index in [1.54, 1.807) is 0 Å². The molecule has 2 aliphatic heterocycles. The Morgan fingerprint density at radius 2 is 1.16 bits per heavy atom. The Morgan fingerprint density at radius 3 is 1.58 bits per heavy atom. The van der Waals surface area contributed by atoms with E-state index in [1.165, 1.54) is 9.80 Å². The number of rotatable bonds is 8. The monoisotopic (exact) mass is 514 g/mol. The third-order valence-electron chi connectivity index (χ3n) is 11.6. The molecule has 0 aromatic heterocycles. The first-order chi connectivity index (χ1) is 18.3. The highest BCUT2D eigenvalue weighted by Crippen LogP contribution is 2.66. The summed E-state index contributed by atoms with van der Waals surface area (Å²) in [5.41, 5.74) is -1.81. The lowest BCUT2D eigenvalue weighted by Crippen LogP contribution is -2.66. The van der Waals surface area contributed by atoms with Gasteiger partial charge in [0.05, 0.1) is 23.7 Å². The number of fused-ring (bicyclic) bond motifs is 10. The second-order valence-electron chi connectivity index (χ2n) is 13.1. The highest BCUT2D eigenvalue weighted by Gasteiger charge is 2.73. The van der Waals surface area contributed by atoms with Crippen molar-refractivity contribution in [3.8, 4) is 0 Å². The number of carbonyl (C=O) groups is 4. The van der Waals surface area contributed by atoms with Gasteiger partial charge in [-0.25, -0.2) is 0 Å². The summed E-state index contributed by atoms with van der Waals surface area (Å²) in [6.07, 6.45) is 20.8. The normalized spacial score (nSPS) is 43.5. The Labute approximate surface area is 224 Å². The van der Waals surface area contributed by atoms with E-state index >= 15 is 0 Å². The standard InChI is InChI=1S/C32H38N2O4/c1-3-5-12-30-16-10-20(18-30)22-24(30)28(37)33(26(22)35)32(14-8-7-9-15-32)34-27(36)23-21-11-17-31(19-21,13-6-4-2)25(23)29(34)38/h3-4,10-11,16-17,20-25H,1-2,5-9,12-15,18-19H2. The molecule has 2 heterocycles. The molecule has 8 atom stereocenters. The smallest absolute Gasteiger partial charge is 0.235 e. The average Bonchev–Trinajstić information content (AvgIpc) is 3.74. The van der Waals surface area contributed by atoms with E-state index in [0.717, 1.165) is 57.8 Å². The number of imide groups is 2. The van der Waals surface area contributed by atoms with Gasteiger partial charge in [0.15, 0.2) is 0 Å². The first-order valence-electron chi connectivity index (χ1n) is 14.7. The molecule has 0 aromatic carbocycles. The number of likely N-dealkylation sites (tertiary alicyclic amines) is 2. The molecule has 4 bridgehead atoms. The molecule has 6 nitrogen and oxygen atoms in total. The van der Waals surface area contributed by atoms with Crippen LogP contribution in [0.1, 0.15) is 70.6 Å². The molecule has 200 valence electrons. The number of allylic oxidation sites excluding steroid dienone is 6. The van der Waals surface area contributed by atoms with Crippen LogP contribution in [0.2, 0.25) is 0 Å². The lowest BCUT2D eigenvalue weighted by Gasteiger charge is -2.49. The van der Waals surface area contributed by atoms with Gasteiger partial charge in [-0.2, -0.15) is 0 Å². The summed E-state index contributed by atoms with van der Waals surface area (Å²) >= 11 is 0. The van der Waals surface area contributed by atoms with Crippen molar-refractivity contribution >= 4 is 23.6 Å². The minimum Gasteiger partial charge on any atom is -0.274 e. The van der Waals surface area contributed by atoms with E-state index in [2.05, 4.69) is 37.5 Å². The van der Waals surface area contributed by atoms with Crippen LogP contribution in [0.25, 0.3) is 0 Å². The van der Waals surface area contributed by atoms with E-state index in [4.69, 9.17) is 0 Å². The number of amides is 4. The molecule has 0 radical (unpaired) electrons. The topological polar surface area (TPSA) is 74.8 Å². The van der Waals surface area contributed by atoms with Crippen molar-refractivity contribution in [2.75, 3.05) is 0 Å². The predicted octanol–water partition coefficient (Wildman–Crippen LogP) is 4.93. The maximum Gasteiger partial charge on any atom is 0.235 e. The van der Waals surface area contributed by atoms with Gasteiger partial charge in [-0.3, -0.25) is 29.0 Å². The summed E-state index contributed by atoms with van der Waals surface area (Å²) in [6, 6.07) is 0. The van der Waals surface area contributed by atoms with Gasteiger partial charge in [0, 0.05) is 10.8 Å². The fraction of sp³-hybridized carbons (Fsp3) is 0.625. The molecule has 7 rings (SSSR count). The molecule has 5 fully saturated rings. The van der Waals surface area contributed by atoms with Crippen molar-refractivity contribution in [3.05, 3.63) is 49.6 Å². The molecule has 38 heavy (non-hydrogen) atoms. The second kappa shape index (κ2) is 8.12. The van der Waals surface area contributed by atoms with Crippen molar-refractivity contribution in [1.29, 1.82) is 0 Å². The van der Waals surface area contributed by atoms with Crippen LogP contribution in [-0.4, -0.2) is 39.1 Å². The van der Waals surface area contributed by atoms with Crippen LogP contribution in [0.15, 0.2) is 49.6 Å². The summed E-state index contributed by atoms with van der Waals surface area (Å²) in [6.45, 7) is 7.76. The van der Waals surface area contributed by atoms with Crippen molar-refractivity contribution in [2.24, 2.45) is 46.3 Å². The minimum absolute atomic E-state index is 0.0542. The van der Waals surface area contributed by atoms with Gasteiger partial charge < -0.3 is 0 Å². The van der Waals surface area contributed by atoms with Crippen molar-refractivity contribution < 1.29 is 19.2 Å². The Bertz CT molecular complexity index is 1120. The SMILES string of the molecule is C=CCCC12C=CC(C1)C1C(=O)N(C3(N4C(=O)C5C6C=CC(CCC=C)(C6)C5C4=O)CCCCC3)C(=O)C12. The fourth-order valence-corrected chi connectivity index (χ4v) is 10.1. The van der Waals surface area contributed by atoms with Crippen LogP contribution < -0.4 is 0 Å². The molecular weight excluding hydrogens is 476 g/mol. The molecule has 5 aliphatic carbocycles. The highest BCUT2D eigenvalue weighted by atomic mass is 16.2. The van der Waals surface area contributed by atoms with Crippen molar-refractivity contribution in [2.45, 2.75) is 76.3 Å². The zero-order valence-corrected chi connectivity index (χ0v) is 22.1. The van der Waals surface area contributed by atoms with E-state index in [0.29, 0.717) is 12.8 Å². The Balaban J connectivity index is 1.28. The van der Waals surface area contributed by atoms with Crippen LogP contribution in [0, 0.1) is 46.3 Å². The summed E-state index contributed by atoms with van der Waals surface area (Å²) in [5, 5.41) is 0. The summed E-state index contributed by atoms with van der Waals surface area (Å²) in [4.78, 5) is 60.2. The maximum atomic E-state index is 14.4. The second-order valence-corrected chi connectivity index (χ2v) is 13.1. The number of carbonyl (C=O) groups excluding carboxylic acids is 4. The first-order valence-corrected chi connectivity index (χ1v) is 14.7. The molecule has 0 spiro atoms. The highest BCUT2D eigenvalue weighted by molar-refractivity contribution is 6.11. The van der Waals surface area contributed by atoms with Crippen molar-refractivity contribution in [1.82, 2.24) is 9.80 Å². The zero-order valence-electron chi connectivity index (χ0n) is 22.1. The van der Waals surface area contributed by atoms with E-state index < -0.39 is 17.5 Å². The lowest BCUT2D eigenvalue weighted by molar-refractivity contribution is -0.173. The predicted molar refractivity (Wildman–Crippen MR) is 142 cm³/mol. The Kier molecular flexibility index (Phi) is 5.19. The van der Waals surface area contributed by atoms with Crippen LogP contribution in [0.3, 0.4) is 0 Å². The van der Waals surface area contributed by atoms with Crippen LogP contribution in [0.4, 0.5) is 0 Å². The van der Waals surface area contributed by atoms with Gasteiger partial charge in [0.25, 0.3) is 0 Å². The number of nitrogens with zero attached hydrogens (tertiary/aromatic N) is 2. The lowest BCUT2D eigenvalue weighted by atomic mass is 9.72. The molecule has 8 unspecified atom stereocenters. The summed E-state index contributed by atoms with van der Waals surface area (Å²) < 4.78 is 0. The third-order valence-corrected chi connectivity index (χ3v) is 11.6. The zero-order chi connectivity index (χ0) is 26.4. The number of hydrogen-bond acceptors (Lipinski definition) is 4. The van der Waals surface area contributed by atoms with Gasteiger partial charge in [-0.1, -0.05) is 42.9 Å². The van der Waals surface area contributed by atoms with Gasteiger partial charge in [0.2, 0.25) is 23.6 Å². The van der Waals surface area contributed by atoms with Crippen LogP contribution in [-0.2, 0) is 19.2 Å². The molecule has 7 aliphatic rings. The summed E-state index contributed by atoms with van der Waals surface area (Å²) in [5.74, 6) is -2.05. The summed E-state index contributed by atoms with van der Waals surface area (Å²) in [7, 11) is 0. The van der Waals surface area contributed by atoms with E-state index in [1.807, 2.05) is 12.2 Å². The molecule has 0 aromatic rings. The first kappa shape index (κ1) is 24.3. The van der Waals surface area contributed by atoms with Crippen LogP contribution >= 0.6 is 0 Å². The fourth-order valence-electron chi connectivity index (χ4n) is 10.1. The van der Waals surface area contributed by atoms with Gasteiger partial charge in [-0.05, 0) is 76.0 Å². The average molecular weight is 515 g/mol. The van der Waals surface area contributed by atoms with Gasteiger partial charge in [-0.15, -0.1) is 13.2 Å². The molecule has 4 amide bonds.